The van der Waals surface area contributed by atoms with E-state index in [1.165, 1.54) is 0 Å². The van der Waals surface area contributed by atoms with Crippen LogP contribution in [0.3, 0.4) is 0 Å². The molecule has 2 aromatic carbocycles. The number of anilines is 1. The molecule has 174 valence electrons. The number of nitrogens with one attached hydrogen (secondary N) is 1. The fraction of sp³-hybridized carbons (Fsp3) is 0.400. The fourth-order valence-electron chi connectivity index (χ4n) is 4.31. The van der Waals surface area contributed by atoms with Gasteiger partial charge in [-0.25, -0.2) is 0 Å². The topological polar surface area (TPSA) is 73.0 Å². The second-order valence-corrected chi connectivity index (χ2v) is 9.01. The highest BCUT2D eigenvalue weighted by molar-refractivity contribution is 6.31. The molecule has 0 bridgehead atoms. The maximum Gasteiger partial charge on any atom is 0.238 e. The minimum absolute atomic E-state index is 0.180. The second kappa shape index (κ2) is 10.9. The van der Waals surface area contributed by atoms with Gasteiger partial charge in [-0.05, 0) is 31.0 Å². The lowest BCUT2D eigenvalue weighted by Crippen LogP contribution is -2.51. The summed E-state index contributed by atoms with van der Waals surface area (Å²) in [6.07, 6.45) is 2.20. The Kier molecular flexibility index (Phi) is 7.75. The van der Waals surface area contributed by atoms with Crippen LogP contribution < -0.4 is 5.32 Å². The molecule has 0 atom stereocenters. The molecule has 0 aromatic heterocycles. The highest BCUT2D eigenvalue weighted by Crippen LogP contribution is 2.24. The van der Waals surface area contributed by atoms with Crippen molar-refractivity contribution in [2.75, 3.05) is 57.7 Å². The van der Waals surface area contributed by atoms with Gasteiger partial charge >= 0.3 is 0 Å². The molecular weight excluding hydrogens is 440 g/mol. The predicted molar refractivity (Wildman–Crippen MR) is 129 cm³/mol. The molecule has 0 unspecified atom stereocenters. The SMILES string of the molecule is O=C(CN1CCN(CC(=O)N2CCCC2)CC1)Nc1ccc(Cl)cc1C(=O)c1ccccc1. The van der Waals surface area contributed by atoms with Crippen LogP contribution >= 0.6 is 11.6 Å². The average Bonchev–Trinajstić information content (AvgIpc) is 3.37. The molecule has 8 heteroatoms. The number of piperazine rings is 1. The van der Waals surface area contributed by atoms with Crippen LogP contribution in [0.4, 0.5) is 5.69 Å². The van der Waals surface area contributed by atoms with Crippen molar-refractivity contribution < 1.29 is 14.4 Å². The Morgan fingerprint density at radius 3 is 2.12 bits per heavy atom. The van der Waals surface area contributed by atoms with E-state index in [4.69, 9.17) is 11.6 Å². The van der Waals surface area contributed by atoms with Crippen molar-refractivity contribution in [2.24, 2.45) is 0 Å². The van der Waals surface area contributed by atoms with Gasteiger partial charge in [0.25, 0.3) is 0 Å². The first-order valence-electron chi connectivity index (χ1n) is 11.4. The van der Waals surface area contributed by atoms with Gasteiger partial charge in [-0.3, -0.25) is 24.2 Å². The van der Waals surface area contributed by atoms with E-state index < -0.39 is 0 Å². The van der Waals surface area contributed by atoms with Crippen molar-refractivity contribution in [1.29, 1.82) is 0 Å². The number of rotatable bonds is 7. The number of hydrogen-bond acceptors (Lipinski definition) is 5. The Balaban J connectivity index is 1.30. The molecule has 2 aliphatic rings. The van der Waals surface area contributed by atoms with E-state index in [9.17, 15) is 14.4 Å². The molecule has 33 heavy (non-hydrogen) atoms. The minimum atomic E-state index is -0.190. The molecule has 2 fully saturated rings. The standard InChI is InChI=1S/C25H29ClN4O3/c26-20-8-9-22(21(16-20)25(33)19-6-2-1-3-7-19)27-23(31)17-28-12-14-29(15-13-28)18-24(32)30-10-4-5-11-30/h1-3,6-9,16H,4-5,10-15,17-18H2,(H,27,31). The number of nitrogens with zero attached hydrogens (tertiary/aromatic N) is 3. The van der Waals surface area contributed by atoms with Crippen molar-refractivity contribution in [1.82, 2.24) is 14.7 Å². The summed E-state index contributed by atoms with van der Waals surface area (Å²) in [5.74, 6) is -0.164. The number of carbonyl (C=O) groups is 3. The zero-order chi connectivity index (χ0) is 23.2. The summed E-state index contributed by atoms with van der Waals surface area (Å²) in [6.45, 7) is 5.38. The summed E-state index contributed by atoms with van der Waals surface area (Å²) in [4.78, 5) is 44.2. The largest absolute Gasteiger partial charge is 0.342 e. The molecule has 1 N–H and O–H groups in total. The Hall–Kier alpha value is -2.74. The number of amides is 2. The number of halogens is 1. The lowest BCUT2D eigenvalue weighted by atomic mass is 10.0. The molecule has 2 amide bonds. The highest BCUT2D eigenvalue weighted by Gasteiger charge is 2.24. The van der Waals surface area contributed by atoms with E-state index >= 15 is 0 Å². The lowest BCUT2D eigenvalue weighted by molar-refractivity contribution is -0.132. The van der Waals surface area contributed by atoms with Crippen LogP contribution in [0.1, 0.15) is 28.8 Å². The molecular formula is C25H29ClN4O3. The quantitative estimate of drug-likeness (QED) is 0.632. The third-order valence-corrected chi connectivity index (χ3v) is 6.42. The molecule has 7 nitrogen and oxygen atoms in total. The molecule has 2 saturated heterocycles. The first-order valence-corrected chi connectivity index (χ1v) is 11.8. The van der Waals surface area contributed by atoms with E-state index in [2.05, 4.69) is 15.1 Å². The summed E-state index contributed by atoms with van der Waals surface area (Å²) >= 11 is 6.13. The number of carbonyl (C=O) groups excluding carboxylic acids is 3. The van der Waals surface area contributed by atoms with Crippen LogP contribution in [0.5, 0.6) is 0 Å². The van der Waals surface area contributed by atoms with Gasteiger partial charge in [0.05, 0.1) is 18.8 Å². The Bertz CT molecular complexity index is 1000. The molecule has 0 spiro atoms. The summed E-state index contributed by atoms with van der Waals surface area (Å²) in [5, 5.41) is 3.32. The van der Waals surface area contributed by atoms with Crippen LogP contribution in [0.2, 0.25) is 5.02 Å². The van der Waals surface area contributed by atoms with Crippen molar-refractivity contribution in [3.05, 3.63) is 64.7 Å². The molecule has 0 aliphatic carbocycles. The fourth-order valence-corrected chi connectivity index (χ4v) is 4.49. The van der Waals surface area contributed by atoms with E-state index in [-0.39, 0.29) is 24.1 Å². The maximum atomic E-state index is 13.0. The van der Waals surface area contributed by atoms with Gasteiger partial charge in [-0.1, -0.05) is 41.9 Å². The van der Waals surface area contributed by atoms with Gasteiger partial charge in [0.1, 0.15) is 0 Å². The molecule has 2 heterocycles. The van der Waals surface area contributed by atoms with Crippen molar-refractivity contribution in [2.45, 2.75) is 12.8 Å². The van der Waals surface area contributed by atoms with E-state index in [1.807, 2.05) is 11.0 Å². The van der Waals surface area contributed by atoms with Gasteiger partial charge < -0.3 is 10.2 Å². The Morgan fingerprint density at radius 2 is 1.45 bits per heavy atom. The zero-order valence-electron chi connectivity index (χ0n) is 18.6. The number of hydrogen-bond donors (Lipinski definition) is 1. The van der Waals surface area contributed by atoms with Crippen LogP contribution in [-0.2, 0) is 9.59 Å². The van der Waals surface area contributed by atoms with Crippen molar-refractivity contribution >= 4 is 34.9 Å². The maximum absolute atomic E-state index is 13.0. The van der Waals surface area contributed by atoms with Gasteiger partial charge in [0, 0.05) is 55.4 Å². The molecule has 0 radical (unpaired) electrons. The van der Waals surface area contributed by atoms with Crippen LogP contribution in [0.15, 0.2) is 48.5 Å². The summed E-state index contributed by atoms with van der Waals surface area (Å²) < 4.78 is 0. The summed E-state index contributed by atoms with van der Waals surface area (Å²) in [6, 6.07) is 13.8. The molecule has 4 rings (SSSR count). The van der Waals surface area contributed by atoms with Crippen LogP contribution in [0.25, 0.3) is 0 Å². The first-order chi connectivity index (χ1) is 16.0. The zero-order valence-corrected chi connectivity index (χ0v) is 19.4. The highest BCUT2D eigenvalue weighted by atomic mass is 35.5. The number of ketones is 1. The normalized spacial score (nSPS) is 17.2. The van der Waals surface area contributed by atoms with Crippen LogP contribution in [0, 0.1) is 0 Å². The smallest absolute Gasteiger partial charge is 0.238 e. The minimum Gasteiger partial charge on any atom is -0.342 e. The van der Waals surface area contributed by atoms with Gasteiger partial charge in [-0.2, -0.15) is 0 Å². The predicted octanol–water partition coefficient (Wildman–Crippen LogP) is 2.75. The Morgan fingerprint density at radius 1 is 0.818 bits per heavy atom. The average molecular weight is 469 g/mol. The first kappa shape index (κ1) is 23.4. The van der Waals surface area contributed by atoms with E-state index in [1.54, 1.807) is 42.5 Å². The number of benzene rings is 2. The third-order valence-electron chi connectivity index (χ3n) is 6.19. The molecule has 2 aliphatic heterocycles. The lowest BCUT2D eigenvalue weighted by Gasteiger charge is -2.34. The van der Waals surface area contributed by atoms with Gasteiger partial charge in [0.2, 0.25) is 11.8 Å². The van der Waals surface area contributed by atoms with Crippen molar-refractivity contribution in [3.63, 3.8) is 0 Å². The monoisotopic (exact) mass is 468 g/mol. The van der Waals surface area contributed by atoms with E-state index in [0.29, 0.717) is 28.4 Å². The van der Waals surface area contributed by atoms with Crippen LogP contribution in [-0.4, -0.2) is 84.7 Å². The second-order valence-electron chi connectivity index (χ2n) is 8.57. The van der Waals surface area contributed by atoms with E-state index in [0.717, 1.165) is 52.1 Å². The summed E-state index contributed by atoms with van der Waals surface area (Å²) in [5.41, 5.74) is 1.36. The molecule has 0 saturated carbocycles. The Labute approximate surface area is 199 Å². The van der Waals surface area contributed by atoms with Gasteiger partial charge in [-0.15, -0.1) is 0 Å². The molecule has 2 aromatic rings. The van der Waals surface area contributed by atoms with Crippen molar-refractivity contribution in [3.8, 4) is 0 Å². The third kappa shape index (κ3) is 6.19. The summed E-state index contributed by atoms with van der Waals surface area (Å²) in [7, 11) is 0. The number of likely N-dealkylation sites (tertiary alicyclic amines) is 1. The van der Waals surface area contributed by atoms with Gasteiger partial charge in [0.15, 0.2) is 5.78 Å².